The molecule has 0 spiro atoms. The molecule has 0 fully saturated rings. The average molecular weight is 716 g/mol. The fourth-order valence-electron chi connectivity index (χ4n) is 8.78. The van der Waals surface area contributed by atoms with Crippen molar-refractivity contribution in [2.24, 2.45) is 0 Å². The number of nitrogens with zero attached hydrogens (tertiary/aromatic N) is 1. The number of hydrogen-bond acceptors (Lipinski definition) is 2. The average Bonchev–Trinajstić information content (AvgIpc) is 3.67. The van der Waals surface area contributed by atoms with E-state index in [4.69, 9.17) is 4.42 Å². The van der Waals surface area contributed by atoms with Crippen LogP contribution in [0.3, 0.4) is 0 Å². The molecule has 272 valence electrons. The van der Waals surface area contributed by atoms with E-state index in [-0.39, 0.29) is 16.2 Å². The Morgan fingerprint density at radius 3 is 1.60 bits per heavy atom. The van der Waals surface area contributed by atoms with Crippen molar-refractivity contribution in [1.29, 1.82) is 0 Å². The van der Waals surface area contributed by atoms with Crippen molar-refractivity contribution < 1.29 is 4.42 Å². The van der Waals surface area contributed by atoms with E-state index in [0.29, 0.717) is 0 Å². The lowest BCUT2D eigenvalue weighted by molar-refractivity contribution is 0.559. The van der Waals surface area contributed by atoms with Crippen LogP contribution in [0.4, 0.5) is 17.1 Å². The minimum absolute atomic E-state index is 0.00594. The summed E-state index contributed by atoms with van der Waals surface area (Å²) in [4.78, 5) is 2.45. The quantitative estimate of drug-likeness (QED) is 0.176. The van der Waals surface area contributed by atoms with Crippen molar-refractivity contribution >= 4 is 39.0 Å². The van der Waals surface area contributed by atoms with Crippen LogP contribution in [0.5, 0.6) is 0 Å². The van der Waals surface area contributed by atoms with Gasteiger partial charge in [-0.1, -0.05) is 165 Å². The van der Waals surface area contributed by atoms with Crippen LogP contribution in [-0.2, 0) is 16.2 Å². The van der Waals surface area contributed by atoms with E-state index < -0.39 is 0 Å². The summed E-state index contributed by atoms with van der Waals surface area (Å²) in [6.45, 7) is 18.6. The maximum atomic E-state index is 6.90. The van der Waals surface area contributed by atoms with Crippen molar-refractivity contribution in [3.63, 3.8) is 0 Å². The van der Waals surface area contributed by atoms with Gasteiger partial charge in [0.1, 0.15) is 11.2 Å². The Balaban J connectivity index is 1.28. The predicted molar refractivity (Wildman–Crippen MR) is 234 cm³/mol. The number of benzene rings is 7. The second kappa shape index (κ2) is 12.6. The predicted octanol–water partition coefficient (Wildman–Crippen LogP) is 15.3. The van der Waals surface area contributed by atoms with Crippen LogP contribution in [0.1, 0.15) is 77.6 Å². The summed E-state index contributed by atoms with van der Waals surface area (Å²) in [5.41, 5.74) is 17.7. The normalized spacial score (nSPS) is 13.6. The van der Waals surface area contributed by atoms with Gasteiger partial charge in [0.05, 0.1) is 5.69 Å². The highest BCUT2D eigenvalue weighted by atomic mass is 16.3. The standard InChI is InChI=1S/C53H49NO/c1-51(2,3)38-32-42-48-46(55-50(42)44(33-38)52(4,5)6)31-30-41-47-43(53(7,8)49(41)48)20-15-21-45(47)54(39-26-22-36(23-27-39)34-16-11-9-12-17-34)40-28-24-37(25-29-40)35-18-13-10-14-19-35/h9-33H,1-8H3. The molecule has 0 saturated carbocycles. The number of rotatable bonds is 5. The van der Waals surface area contributed by atoms with E-state index in [9.17, 15) is 0 Å². The Hall–Kier alpha value is -5.86. The van der Waals surface area contributed by atoms with Crippen LogP contribution >= 0.6 is 0 Å². The molecule has 8 aromatic rings. The first-order valence-corrected chi connectivity index (χ1v) is 19.6. The van der Waals surface area contributed by atoms with Crippen LogP contribution in [0.25, 0.3) is 55.3 Å². The number of hydrogen-bond donors (Lipinski definition) is 0. The van der Waals surface area contributed by atoms with E-state index >= 15 is 0 Å². The van der Waals surface area contributed by atoms with Crippen LogP contribution < -0.4 is 4.90 Å². The molecule has 1 aliphatic carbocycles. The third-order valence-corrected chi connectivity index (χ3v) is 11.7. The van der Waals surface area contributed by atoms with Crippen molar-refractivity contribution in [1.82, 2.24) is 0 Å². The first-order chi connectivity index (χ1) is 26.3. The Bertz CT molecular complexity index is 2620. The molecule has 9 rings (SSSR count). The zero-order valence-electron chi connectivity index (χ0n) is 33.3. The Labute approximate surface area is 326 Å². The van der Waals surface area contributed by atoms with Crippen molar-refractivity contribution in [3.05, 3.63) is 174 Å². The molecule has 0 saturated heterocycles. The molecule has 1 aromatic heterocycles. The largest absolute Gasteiger partial charge is 0.456 e. The zero-order chi connectivity index (χ0) is 38.3. The summed E-state index contributed by atoms with van der Waals surface area (Å²) >= 11 is 0. The van der Waals surface area contributed by atoms with E-state index in [0.717, 1.165) is 22.5 Å². The van der Waals surface area contributed by atoms with Gasteiger partial charge in [-0.2, -0.15) is 0 Å². The van der Waals surface area contributed by atoms with Crippen molar-refractivity contribution in [2.45, 2.75) is 71.6 Å². The van der Waals surface area contributed by atoms with Gasteiger partial charge in [0.2, 0.25) is 0 Å². The first kappa shape index (κ1) is 34.9. The maximum absolute atomic E-state index is 6.90. The molecule has 0 unspecified atom stereocenters. The van der Waals surface area contributed by atoms with Gasteiger partial charge in [0, 0.05) is 38.7 Å². The molecule has 7 aromatic carbocycles. The molecule has 0 N–H and O–H groups in total. The van der Waals surface area contributed by atoms with Gasteiger partial charge in [-0.3, -0.25) is 0 Å². The smallest absolute Gasteiger partial charge is 0.139 e. The molecular weight excluding hydrogens is 667 g/mol. The van der Waals surface area contributed by atoms with E-state index in [2.05, 4.69) is 212 Å². The third-order valence-electron chi connectivity index (χ3n) is 11.7. The lowest BCUT2D eigenvalue weighted by Gasteiger charge is -2.29. The van der Waals surface area contributed by atoms with E-state index in [1.165, 1.54) is 72.1 Å². The van der Waals surface area contributed by atoms with Gasteiger partial charge >= 0.3 is 0 Å². The van der Waals surface area contributed by atoms with Crippen LogP contribution in [0, 0.1) is 0 Å². The lowest BCUT2D eigenvalue weighted by Crippen LogP contribution is -2.17. The van der Waals surface area contributed by atoms with Crippen molar-refractivity contribution in [2.75, 3.05) is 4.90 Å². The van der Waals surface area contributed by atoms with E-state index in [1.807, 2.05) is 0 Å². The minimum atomic E-state index is -0.267. The number of furan rings is 1. The molecule has 2 nitrogen and oxygen atoms in total. The zero-order valence-corrected chi connectivity index (χ0v) is 33.3. The summed E-state index contributed by atoms with van der Waals surface area (Å²) in [6.07, 6.45) is 0. The molecule has 1 aliphatic rings. The molecule has 0 amide bonds. The summed E-state index contributed by atoms with van der Waals surface area (Å²) in [5.74, 6) is 0. The monoisotopic (exact) mass is 715 g/mol. The Morgan fingerprint density at radius 1 is 0.527 bits per heavy atom. The fraction of sp³-hybridized carbons (Fsp3) is 0.208. The SMILES string of the molecule is CC(C)(C)c1cc(C(C)(C)C)c2oc3ccc4c(c3c2c1)C(C)(C)c1cccc(N(c2ccc(-c3ccccc3)cc2)c2ccc(-c3ccccc3)cc2)c1-4. The Morgan fingerprint density at radius 2 is 1.07 bits per heavy atom. The second-order valence-electron chi connectivity index (χ2n) is 17.8. The van der Waals surface area contributed by atoms with Crippen LogP contribution in [-0.4, -0.2) is 0 Å². The minimum Gasteiger partial charge on any atom is -0.456 e. The highest BCUT2D eigenvalue weighted by molar-refractivity contribution is 6.13. The topological polar surface area (TPSA) is 16.4 Å². The number of fused-ring (bicyclic) bond motifs is 7. The third kappa shape index (κ3) is 5.78. The molecule has 2 heteroatoms. The van der Waals surface area contributed by atoms with Crippen LogP contribution in [0.15, 0.2) is 156 Å². The summed E-state index contributed by atoms with van der Waals surface area (Å²) in [6, 6.07) is 55.5. The maximum Gasteiger partial charge on any atom is 0.139 e. The molecule has 0 radical (unpaired) electrons. The second-order valence-corrected chi connectivity index (χ2v) is 17.8. The van der Waals surface area contributed by atoms with Gasteiger partial charge in [-0.15, -0.1) is 0 Å². The van der Waals surface area contributed by atoms with Gasteiger partial charge in [-0.05, 0) is 97.8 Å². The van der Waals surface area contributed by atoms with E-state index in [1.54, 1.807) is 0 Å². The molecule has 55 heavy (non-hydrogen) atoms. The fourth-order valence-corrected chi connectivity index (χ4v) is 8.78. The lowest BCUT2D eigenvalue weighted by atomic mass is 9.77. The highest BCUT2D eigenvalue weighted by Gasteiger charge is 2.41. The summed E-state index contributed by atoms with van der Waals surface area (Å²) in [5, 5.41) is 2.46. The van der Waals surface area contributed by atoms with Gasteiger partial charge in [-0.25, -0.2) is 0 Å². The van der Waals surface area contributed by atoms with Gasteiger partial charge in [0.25, 0.3) is 0 Å². The van der Waals surface area contributed by atoms with Crippen molar-refractivity contribution in [3.8, 4) is 33.4 Å². The van der Waals surface area contributed by atoms with Crippen LogP contribution in [0.2, 0.25) is 0 Å². The van der Waals surface area contributed by atoms with Gasteiger partial charge in [0.15, 0.2) is 0 Å². The first-order valence-electron chi connectivity index (χ1n) is 19.6. The number of anilines is 3. The Kier molecular flexibility index (Phi) is 7.99. The molecule has 1 heterocycles. The van der Waals surface area contributed by atoms with Gasteiger partial charge < -0.3 is 9.32 Å². The molecule has 0 bridgehead atoms. The molecule has 0 aliphatic heterocycles. The highest BCUT2D eigenvalue weighted by Crippen LogP contribution is 2.57. The summed E-state index contributed by atoms with van der Waals surface area (Å²) < 4.78 is 6.90. The summed E-state index contributed by atoms with van der Waals surface area (Å²) in [7, 11) is 0. The molecular formula is C53H49NO. The molecule has 0 atom stereocenters.